The summed E-state index contributed by atoms with van der Waals surface area (Å²) in [7, 11) is 1.76. The first-order valence-corrected chi connectivity index (χ1v) is 9.07. The number of hydrogen-bond donors (Lipinski definition) is 2. The fraction of sp³-hybridized carbons (Fsp3) is 0.526. The van der Waals surface area contributed by atoms with E-state index in [1.54, 1.807) is 13.2 Å². The van der Waals surface area contributed by atoms with Crippen molar-refractivity contribution in [3.63, 3.8) is 0 Å². The molecule has 0 aromatic carbocycles. The van der Waals surface area contributed by atoms with Crippen molar-refractivity contribution < 1.29 is 4.74 Å². The van der Waals surface area contributed by atoms with Crippen molar-refractivity contribution in [1.29, 1.82) is 0 Å². The van der Waals surface area contributed by atoms with E-state index >= 15 is 0 Å². The van der Waals surface area contributed by atoms with Gasteiger partial charge >= 0.3 is 0 Å². The van der Waals surface area contributed by atoms with Gasteiger partial charge in [0, 0.05) is 45.3 Å². The Labute approximate surface area is 179 Å². The molecule has 0 radical (unpaired) electrons. The largest absolute Gasteiger partial charge is 0.380 e. The molecule has 2 aromatic rings. The first kappa shape index (κ1) is 23.4. The molecule has 2 aromatic heterocycles. The van der Waals surface area contributed by atoms with Gasteiger partial charge in [-0.05, 0) is 30.9 Å². The van der Waals surface area contributed by atoms with Gasteiger partial charge in [-0.1, -0.05) is 19.9 Å². The van der Waals surface area contributed by atoms with Crippen LogP contribution in [0, 0.1) is 12.8 Å². The molecule has 0 fully saturated rings. The summed E-state index contributed by atoms with van der Waals surface area (Å²) in [6, 6.07) is 4.04. The van der Waals surface area contributed by atoms with Gasteiger partial charge in [-0.2, -0.15) is 0 Å². The number of pyridine rings is 1. The zero-order valence-electron chi connectivity index (χ0n) is 16.6. The van der Waals surface area contributed by atoms with Crippen LogP contribution in [0.1, 0.15) is 31.7 Å². The third-order valence-corrected chi connectivity index (χ3v) is 3.94. The SMILES string of the molecule is CN=C(NCCOCCC(C)C)NCc1ccc(-n2ccnc2C)nc1.I. The highest BCUT2D eigenvalue weighted by Gasteiger charge is 2.03. The second-order valence-electron chi connectivity index (χ2n) is 6.52. The summed E-state index contributed by atoms with van der Waals surface area (Å²) in [4.78, 5) is 12.9. The zero-order valence-corrected chi connectivity index (χ0v) is 18.9. The van der Waals surface area contributed by atoms with Crippen molar-refractivity contribution in [2.75, 3.05) is 26.8 Å². The lowest BCUT2D eigenvalue weighted by Crippen LogP contribution is -2.38. The fourth-order valence-corrected chi connectivity index (χ4v) is 2.35. The molecule has 7 nitrogen and oxygen atoms in total. The average molecular weight is 486 g/mol. The van der Waals surface area contributed by atoms with Crippen LogP contribution < -0.4 is 10.6 Å². The molecule has 2 rings (SSSR count). The topological polar surface area (TPSA) is 76.4 Å². The summed E-state index contributed by atoms with van der Waals surface area (Å²) in [5, 5.41) is 6.53. The van der Waals surface area contributed by atoms with Gasteiger partial charge < -0.3 is 15.4 Å². The smallest absolute Gasteiger partial charge is 0.191 e. The van der Waals surface area contributed by atoms with Gasteiger partial charge in [-0.15, -0.1) is 24.0 Å². The first-order valence-electron chi connectivity index (χ1n) is 9.07. The molecule has 0 amide bonds. The number of ether oxygens (including phenoxy) is 1. The molecule has 2 heterocycles. The van der Waals surface area contributed by atoms with Crippen LogP contribution in [0.5, 0.6) is 0 Å². The van der Waals surface area contributed by atoms with E-state index in [9.17, 15) is 0 Å². The monoisotopic (exact) mass is 486 g/mol. The maximum atomic E-state index is 5.60. The van der Waals surface area contributed by atoms with Gasteiger partial charge in [0.05, 0.1) is 6.61 Å². The molecule has 8 heteroatoms. The number of guanidine groups is 1. The fourth-order valence-electron chi connectivity index (χ4n) is 2.35. The quantitative estimate of drug-likeness (QED) is 0.247. The van der Waals surface area contributed by atoms with E-state index in [-0.39, 0.29) is 24.0 Å². The maximum absolute atomic E-state index is 5.60. The van der Waals surface area contributed by atoms with E-state index in [1.165, 1.54) is 0 Å². The van der Waals surface area contributed by atoms with Crippen molar-refractivity contribution in [3.05, 3.63) is 42.1 Å². The minimum absolute atomic E-state index is 0. The van der Waals surface area contributed by atoms with E-state index < -0.39 is 0 Å². The molecular formula is C19H31IN6O. The number of aliphatic imine (C=N–C) groups is 1. The van der Waals surface area contributed by atoms with Crippen molar-refractivity contribution in [3.8, 4) is 5.82 Å². The summed E-state index contributed by atoms with van der Waals surface area (Å²) >= 11 is 0. The van der Waals surface area contributed by atoms with E-state index in [0.717, 1.165) is 42.7 Å². The van der Waals surface area contributed by atoms with Gasteiger partial charge in [-0.25, -0.2) is 9.97 Å². The van der Waals surface area contributed by atoms with Gasteiger partial charge in [0.2, 0.25) is 0 Å². The Balaban J connectivity index is 0.00000364. The number of imidazole rings is 1. The van der Waals surface area contributed by atoms with Gasteiger partial charge in [0.25, 0.3) is 0 Å². The molecule has 0 spiro atoms. The van der Waals surface area contributed by atoms with Crippen molar-refractivity contribution in [2.24, 2.45) is 10.9 Å². The normalized spacial score (nSPS) is 11.4. The van der Waals surface area contributed by atoms with Crippen LogP contribution >= 0.6 is 24.0 Å². The molecule has 0 bridgehead atoms. The molecule has 0 aliphatic carbocycles. The van der Waals surface area contributed by atoms with Crippen molar-refractivity contribution in [1.82, 2.24) is 25.2 Å². The Bertz CT molecular complexity index is 684. The second-order valence-corrected chi connectivity index (χ2v) is 6.52. The van der Waals surface area contributed by atoms with Crippen LogP contribution in [0.4, 0.5) is 0 Å². The van der Waals surface area contributed by atoms with Crippen LogP contribution in [0.2, 0.25) is 0 Å². The predicted octanol–water partition coefficient (Wildman–Crippen LogP) is 2.92. The van der Waals surface area contributed by atoms with Crippen LogP contribution in [-0.2, 0) is 11.3 Å². The number of rotatable bonds is 9. The zero-order chi connectivity index (χ0) is 18.8. The summed E-state index contributed by atoms with van der Waals surface area (Å²) in [5.74, 6) is 3.22. The Kier molecular flexibility index (Phi) is 11.0. The molecule has 150 valence electrons. The maximum Gasteiger partial charge on any atom is 0.191 e. The molecule has 0 aliphatic heterocycles. The van der Waals surface area contributed by atoms with Crippen LogP contribution in [-0.4, -0.2) is 47.3 Å². The van der Waals surface area contributed by atoms with Gasteiger partial charge in [0.1, 0.15) is 11.6 Å². The van der Waals surface area contributed by atoms with E-state index in [1.807, 2.05) is 30.0 Å². The Morgan fingerprint density at radius 2 is 2.04 bits per heavy atom. The second kappa shape index (κ2) is 12.7. The molecule has 0 saturated heterocycles. The van der Waals surface area contributed by atoms with Crippen LogP contribution in [0.3, 0.4) is 0 Å². The summed E-state index contributed by atoms with van der Waals surface area (Å²) in [6.07, 6.45) is 6.64. The van der Waals surface area contributed by atoms with E-state index in [0.29, 0.717) is 19.1 Å². The van der Waals surface area contributed by atoms with Crippen LogP contribution in [0.15, 0.2) is 35.7 Å². The number of halogens is 1. The lowest BCUT2D eigenvalue weighted by Gasteiger charge is -2.13. The predicted molar refractivity (Wildman–Crippen MR) is 120 cm³/mol. The minimum Gasteiger partial charge on any atom is -0.380 e. The molecular weight excluding hydrogens is 455 g/mol. The van der Waals surface area contributed by atoms with Gasteiger partial charge in [-0.3, -0.25) is 9.56 Å². The highest BCUT2D eigenvalue weighted by atomic mass is 127. The number of nitrogens with one attached hydrogen (secondary N) is 2. The van der Waals surface area contributed by atoms with Crippen molar-refractivity contribution >= 4 is 29.9 Å². The Morgan fingerprint density at radius 1 is 1.22 bits per heavy atom. The Hall–Kier alpha value is -1.68. The van der Waals surface area contributed by atoms with Crippen molar-refractivity contribution in [2.45, 2.75) is 33.7 Å². The lowest BCUT2D eigenvalue weighted by molar-refractivity contribution is 0.128. The molecule has 27 heavy (non-hydrogen) atoms. The lowest BCUT2D eigenvalue weighted by atomic mass is 10.1. The highest BCUT2D eigenvalue weighted by Crippen LogP contribution is 2.08. The summed E-state index contributed by atoms with van der Waals surface area (Å²) in [6.45, 7) is 9.22. The number of aromatic nitrogens is 3. The third kappa shape index (κ3) is 8.25. The van der Waals surface area contributed by atoms with E-state index in [2.05, 4.69) is 45.5 Å². The van der Waals surface area contributed by atoms with Gasteiger partial charge in [0.15, 0.2) is 5.96 Å². The standard InChI is InChI=1S/C19H30N6O.HI/c1-15(2)7-11-26-12-9-22-19(20-4)24-14-17-5-6-18(23-13-17)25-10-8-21-16(25)3;/h5-6,8,10,13,15H,7,9,11-12,14H2,1-4H3,(H2,20,22,24);1H. The minimum atomic E-state index is 0. The van der Waals surface area contributed by atoms with E-state index in [4.69, 9.17) is 4.74 Å². The number of aryl methyl sites for hydroxylation is 1. The third-order valence-electron chi connectivity index (χ3n) is 3.94. The number of hydrogen-bond acceptors (Lipinski definition) is 4. The summed E-state index contributed by atoms with van der Waals surface area (Å²) < 4.78 is 7.55. The molecule has 0 saturated carbocycles. The first-order chi connectivity index (χ1) is 12.6. The summed E-state index contributed by atoms with van der Waals surface area (Å²) in [5.41, 5.74) is 1.09. The molecule has 0 atom stereocenters. The molecule has 0 unspecified atom stereocenters. The number of nitrogens with zero attached hydrogens (tertiary/aromatic N) is 4. The molecule has 2 N–H and O–H groups in total. The molecule has 0 aliphatic rings. The Morgan fingerprint density at radius 3 is 2.63 bits per heavy atom. The van der Waals surface area contributed by atoms with Crippen LogP contribution in [0.25, 0.3) is 5.82 Å². The average Bonchev–Trinajstić information content (AvgIpc) is 3.06. The highest BCUT2D eigenvalue weighted by molar-refractivity contribution is 14.0.